The number of benzene rings is 1. The van der Waals surface area contributed by atoms with Crippen LogP contribution in [0.2, 0.25) is 0 Å². The van der Waals surface area contributed by atoms with E-state index in [1.54, 1.807) is 4.90 Å². The number of hydrogen-bond acceptors (Lipinski definition) is 2. The molecule has 3 nitrogen and oxygen atoms in total. The standard InChI is InChI=1S/C15H17F3N2O/c1-19-6-5-11-8-20(9-13(11)19)14(21)10-3-2-4-12(7-10)15(16,17)18/h2-4,7,11,13H,5-6,8-9H2,1H3/t11-,13+/m0/s1. The zero-order valence-corrected chi connectivity index (χ0v) is 11.7. The van der Waals surface area contributed by atoms with Gasteiger partial charge in [0.05, 0.1) is 5.56 Å². The predicted octanol–water partition coefficient (Wildman–Crippen LogP) is 2.48. The Hall–Kier alpha value is -1.56. The third kappa shape index (κ3) is 2.64. The van der Waals surface area contributed by atoms with Gasteiger partial charge < -0.3 is 9.80 Å². The number of rotatable bonds is 1. The molecule has 114 valence electrons. The van der Waals surface area contributed by atoms with Gasteiger partial charge in [0.1, 0.15) is 0 Å². The highest BCUT2D eigenvalue weighted by Crippen LogP contribution is 2.32. The van der Waals surface area contributed by atoms with Crippen LogP contribution in [-0.4, -0.2) is 48.4 Å². The van der Waals surface area contributed by atoms with E-state index in [1.165, 1.54) is 12.1 Å². The minimum atomic E-state index is -4.42. The van der Waals surface area contributed by atoms with Crippen molar-refractivity contribution in [2.24, 2.45) is 5.92 Å². The molecule has 0 unspecified atom stereocenters. The minimum Gasteiger partial charge on any atom is -0.337 e. The van der Waals surface area contributed by atoms with Gasteiger partial charge in [-0.2, -0.15) is 13.2 Å². The fourth-order valence-electron chi connectivity index (χ4n) is 3.35. The van der Waals surface area contributed by atoms with Gasteiger partial charge in [-0.15, -0.1) is 0 Å². The van der Waals surface area contributed by atoms with E-state index < -0.39 is 11.7 Å². The van der Waals surface area contributed by atoms with Gasteiger partial charge in [0.2, 0.25) is 0 Å². The average molecular weight is 298 g/mol. The van der Waals surface area contributed by atoms with Crippen LogP contribution >= 0.6 is 0 Å². The maximum Gasteiger partial charge on any atom is 0.416 e. The quantitative estimate of drug-likeness (QED) is 0.795. The molecule has 2 fully saturated rings. The topological polar surface area (TPSA) is 23.6 Å². The van der Waals surface area contributed by atoms with E-state index in [-0.39, 0.29) is 11.5 Å². The summed E-state index contributed by atoms with van der Waals surface area (Å²) in [6.07, 6.45) is -3.37. The Morgan fingerprint density at radius 1 is 1.29 bits per heavy atom. The Bertz CT molecular complexity index is 558. The number of fused-ring (bicyclic) bond motifs is 1. The van der Waals surface area contributed by atoms with Crippen LogP contribution in [0.3, 0.4) is 0 Å². The van der Waals surface area contributed by atoms with E-state index in [1.807, 2.05) is 7.05 Å². The molecule has 21 heavy (non-hydrogen) atoms. The lowest BCUT2D eigenvalue weighted by atomic mass is 10.1. The van der Waals surface area contributed by atoms with E-state index in [2.05, 4.69) is 4.90 Å². The van der Waals surface area contributed by atoms with E-state index in [0.717, 1.165) is 25.1 Å². The molecule has 0 aliphatic carbocycles. The van der Waals surface area contributed by atoms with Gasteiger partial charge in [0.15, 0.2) is 0 Å². The number of carbonyl (C=O) groups excluding carboxylic acids is 1. The van der Waals surface area contributed by atoms with Gasteiger partial charge >= 0.3 is 6.18 Å². The zero-order chi connectivity index (χ0) is 15.2. The number of likely N-dealkylation sites (tertiary alicyclic amines) is 2. The molecular weight excluding hydrogens is 281 g/mol. The molecule has 2 aliphatic rings. The van der Waals surface area contributed by atoms with E-state index in [0.29, 0.717) is 25.0 Å². The second-order valence-corrected chi connectivity index (χ2v) is 5.89. The summed E-state index contributed by atoms with van der Waals surface area (Å²) in [6, 6.07) is 5.03. The SMILES string of the molecule is CN1CC[C@H]2CN(C(=O)c3cccc(C(F)(F)F)c3)C[C@H]21. The summed E-state index contributed by atoms with van der Waals surface area (Å²) in [5.74, 6) is 0.147. The molecule has 2 atom stereocenters. The number of halogens is 3. The maximum atomic E-state index is 12.7. The first kappa shape index (κ1) is 14.4. The third-order valence-electron chi connectivity index (χ3n) is 4.55. The van der Waals surface area contributed by atoms with Gasteiger partial charge in [-0.05, 0) is 44.1 Å². The first-order valence-corrected chi connectivity index (χ1v) is 7.03. The molecule has 1 amide bonds. The zero-order valence-electron chi connectivity index (χ0n) is 11.7. The highest BCUT2D eigenvalue weighted by Gasteiger charge is 2.41. The second-order valence-electron chi connectivity index (χ2n) is 5.89. The lowest BCUT2D eigenvalue weighted by Gasteiger charge is -2.21. The van der Waals surface area contributed by atoms with Crippen molar-refractivity contribution in [3.8, 4) is 0 Å². The van der Waals surface area contributed by atoms with Gasteiger partial charge in [-0.3, -0.25) is 4.79 Å². The van der Waals surface area contributed by atoms with Gasteiger partial charge in [-0.1, -0.05) is 6.07 Å². The Labute approximate surface area is 121 Å². The Morgan fingerprint density at radius 3 is 2.71 bits per heavy atom. The van der Waals surface area contributed by atoms with Gasteiger partial charge in [0.25, 0.3) is 5.91 Å². The third-order valence-corrected chi connectivity index (χ3v) is 4.55. The van der Waals surface area contributed by atoms with Crippen LogP contribution < -0.4 is 0 Å². The first-order chi connectivity index (χ1) is 9.86. The van der Waals surface area contributed by atoms with Crippen LogP contribution in [-0.2, 0) is 6.18 Å². The Morgan fingerprint density at radius 2 is 2.05 bits per heavy atom. The van der Waals surface area contributed by atoms with Crippen LogP contribution in [0, 0.1) is 5.92 Å². The summed E-state index contributed by atoms with van der Waals surface area (Å²) >= 11 is 0. The highest BCUT2D eigenvalue weighted by molar-refractivity contribution is 5.94. The van der Waals surface area contributed by atoms with Crippen molar-refractivity contribution in [1.82, 2.24) is 9.80 Å². The lowest BCUT2D eigenvalue weighted by molar-refractivity contribution is -0.137. The second kappa shape index (κ2) is 5.02. The smallest absolute Gasteiger partial charge is 0.337 e. The molecule has 0 radical (unpaired) electrons. The Kier molecular flexibility index (Phi) is 3.43. The summed E-state index contributed by atoms with van der Waals surface area (Å²) in [4.78, 5) is 16.3. The largest absolute Gasteiger partial charge is 0.416 e. The van der Waals surface area contributed by atoms with Crippen molar-refractivity contribution >= 4 is 5.91 Å². The molecular formula is C15H17F3N2O. The summed E-state index contributed by atoms with van der Waals surface area (Å²) in [5, 5.41) is 0. The van der Waals surface area contributed by atoms with Crippen molar-refractivity contribution in [1.29, 1.82) is 0 Å². The number of alkyl halides is 3. The minimum absolute atomic E-state index is 0.118. The molecule has 2 saturated heterocycles. The number of carbonyl (C=O) groups is 1. The summed E-state index contributed by atoms with van der Waals surface area (Å²) < 4.78 is 38.1. The van der Waals surface area contributed by atoms with Crippen molar-refractivity contribution in [3.05, 3.63) is 35.4 Å². The molecule has 3 rings (SSSR count). The number of nitrogens with zero attached hydrogens (tertiary/aromatic N) is 2. The highest BCUT2D eigenvalue weighted by atomic mass is 19.4. The molecule has 2 heterocycles. The van der Waals surface area contributed by atoms with Crippen molar-refractivity contribution in [2.75, 3.05) is 26.7 Å². The molecule has 1 aromatic carbocycles. The van der Waals surface area contributed by atoms with E-state index >= 15 is 0 Å². The van der Waals surface area contributed by atoms with E-state index in [4.69, 9.17) is 0 Å². The molecule has 0 aromatic heterocycles. The molecule has 0 spiro atoms. The van der Waals surface area contributed by atoms with Gasteiger partial charge in [0, 0.05) is 24.7 Å². The first-order valence-electron chi connectivity index (χ1n) is 7.03. The number of amides is 1. The maximum absolute atomic E-state index is 12.7. The van der Waals surface area contributed by atoms with Gasteiger partial charge in [-0.25, -0.2) is 0 Å². The summed E-state index contributed by atoms with van der Waals surface area (Å²) in [6.45, 7) is 2.28. The lowest BCUT2D eigenvalue weighted by Crippen LogP contribution is -2.35. The predicted molar refractivity (Wildman–Crippen MR) is 71.9 cm³/mol. The van der Waals surface area contributed by atoms with Crippen molar-refractivity contribution in [2.45, 2.75) is 18.6 Å². The molecule has 1 aromatic rings. The number of hydrogen-bond donors (Lipinski definition) is 0. The van der Waals surface area contributed by atoms with Crippen molar-refractivity contribution < 1.29 is 18.0 Å². The fourth-order valence-corrected chi connectivity index (χ4v) is 3.35. The fraction of sp³-hybridized carbons (Fsp3) is 0.533. The normalized spacial score (nSPS) is 26.2. The Balaban J connectivity index is 1.78. The average Bonchev–Trinajstić information content (AvgIpc) is 3.00. The number of likely N-dealkylation sites (N-methyl/N-ethyl adjacent to an activating group) is 1. The van der Waals surface area contributed by atoms with Crippen LogP contribution in [0.25, 0.3) is 0 Å². The summed E-state index contributed by atoms with van der Waals surface area (Å²) in [5.41, 5.74) is -0.655. The van der Waals surface area contributed by atoms with E-state index in [9.17, 15) is 18.0 Å². The molecule has 0 bridgehead atoms. The molecule has 6 heteroatoms. The van der Waals surface area contributed by atoms with Crippen molar-refractivity contribution in [3.63, 3.8) is 0 Å². The monoisotopic (exact) mass is 298 g/mol. The van der Waals surface area contributed by atoms with Crippen LogP contribution in [0.5, 0.6) is 0 Å². The van der Waals surface area contributed by atoms with Crippen LogP contribution in [0.15, 0.2) is 24.3 Å². The van der Waals surface area contributed by atoms with Crippen LogP contribution in [0.1, 0.15) is 22.3 Å². The summed E-state index contributed by atoms with van der Waals surface area (Å²) in [7, 11) is 2.03. The molecule has 0 saturated carbocycles. The molecule has 2 aliphatic heterocycles. The molecule has 0 N–H and O–H groups in total. The van der Waals surface area contributed by atoms with Crippen LogP contribution in [0.4, 0.5) is 13.2 Å².